The first-order valence-electron chi connectivity index (χ1n) is 13.8. The number of nitrogens with zero attached hydrogens (tertiary/aromatic N) is 3. The highest BCUT2D eigenvalue weighted by molar-refractivity contribution is 7.92. The summed E-state index contributed by atoms with van der Waals surface area (Å²) < 4.78 is 60.8. The molecule has 0 amide bonds. The number of furan rings is 1. The van der Waals surface area contributed by atoms with Crippen molar-refractivity contribution >= 4 is 49.9 Å². The molecule has 226 valence electrons. The van der Waals surface area contributed by atoms with Crippen LogP contribution < -0.4 is 9.04 Å². The van der Waals surface area contributed by atoms with Crippen molar-refractivity contribution in [2.75, 3.05) is 17.6 Å². The van der Waals surface area contributed by atoms with Crippen LogP contribution in [0.1, 0.15) is 11.1 Å². The topological polar surface area (TPSA) is 135 Å². The van der Waals surface area contributed by atoms with E-state index in [1.807, 2.05) is 41.8 Å². The number of anilines is 1. The number of benzene rings is 3. The number of aryl methyl sites for hydroxylation is 1. The molecule has 0 bridgehead atoms. The van der Waals surface area contributed by atoms with E-state index in [4.69, 9.17) is 29.7 Å². The maximum Gasteiger partial charge on any atom is 0.232 e. The minimum absolute atomic E-state index is 0.180. The van der Waals surface area contributed by atoms with Gasteiger partial charge in [-0.1, -0.05) is 35.9 Å². The number of rotatable bonds is 6. The molecule has 0 atom stereocenters. The maximum atomic E-state index is 14.7. The summed E-state index contributed by atoms with van der Waals surface area (Å²) in [7, 11) is -2.29. The van der Waals surface area contributed by atoms with Crippen molar-refractivity contribution in [1.82, 2.24) is 9.55 Å². The zero-order chi connectivity index (χ0) is 31.6. The molecule has 0 fully saturated rings. The standard InChI is InChI=1S/C33H26FN5O5S/c1-18-7-9-19(10-8-18)32-30(33(36)42-16-35)22-13-21(26(15-29(22)44-32)38(2)45(3,40)41)24-11-12-28-31(37-24)27-14-20-23(34)5-4-6-25(20)39(27)17-43-28/h4-16,35-36H,17H2,1-3H3. The molecule has 0 radical (unpaired) electrons. The number of fused-ring (bicyclic) bond motifs is 6. The molecule has 0 saturated carbocycles. The van der Waals surface area contributed by atoms with E-state index in [-0.39, 0.29) is 24.1 Å². The van der Waals surface area contributed by atoms with Gasteiger partial charge in [0.05, 0.1) is 34.4 Å². The van der Waals surface area contributed by atoms with E-state index in [1.165, 1.54) is 13.1 Å². The largest absolute Gasteiger partial charge is 0.470 e. The van der Waals surface area contributed by atoms with Gasteiger partial charge in [0.1, 0.15) is 28.6 Å². The Morgan fingerprint density at radius 1 is 1.09 bits per heavy atom. The number of hydrogen-bond donors (Lipinski definition) is 2. The van der Waals surface area contributed by atoms with Crippen molar-refractivity contribution < 1.29 is 26.7 Å². The third kappa shape index (κ3) is 4.61. The van der Waals surface area contributed by atoms with Gasteiger partial charge in [-0.05, 0) is 43.3 Å². The summed E-state index contributed by atoms with van der Waals surface area (Å²) in [5, 5.41) is 17.0. The van der Waals surface area contributed by atoms with E-state index in [9.17, 15) is 12.8 Å². The van der Waals surface area contributed by atoms with Gasteiger partial charge in [0.2, 0.25) is 15.9 Å². The molecule has 12 heteroatoms. The fourth-order valence-electron chi connectivity index (χ4n) is 5.64. The van der Waals surface area contributed by atoms with Gasteiger partial charge < -0.3 is 18.5 Å². The monoisotopic (exact) mass is 623 g/mol. The van der Waals surface area contributed by atoms with Gasteiger partial charge >= 0.3 is 0 Å². The highest BCUT2D eigenvalue weighted by Crippen LogP contribution is 2.44. The van der Waals surface area contributed by atoms with Crippen molar-refractivity contribution in [3.8, 4) is 39.7 Å². The molecule has 3 aromatic carbocycles. The molecule has 0 unspecified atom stereocenters. The summed E-state index contributed by atoms with van der Waals surface area (Å²) in [5.41, 5.74) is 5.23. The number of halogens is 1. The van der Waals surface area contributed by atoms with Gasteiger partial charge in [0.15, 0.2) is 13.1 Å². The summed E-state index contributed by atoms with van der Waals surface area (Å²) in [6.07, 6.45) is 1.76. The van der Waals surface area contributed by atoms with E-state index in [0.717, 1.165) is 16.1 Å². The molecule has 2 N–H and O–H groups in total. The Bertz CT molecular complexity index is 2310. The SMILES string of the molecule is Cc1ccc(-c2oc3cc(N(C)S(C)(=O)=O)c(-c4ccc5c(n4)-c4cc6c(F)cccc6n4CO5)cc3c2C(=N)OC=N)cc1. The van der Waals surface area contributed by atoms with Crippen molar-refractivity contribution in [3.63, 3.8) is 0 Å². The van der Waals surface area contributed by atoms with Gasteiger partial charge in [0.25, 0.3) is 0 Å². The van der Waals surface area contributed by atoms with E-state index in [0.29, 0.717) is 73.6 Å². The number of hydrogen-bond acceptors (Lipinski definition) is 8. The minimum atomic E-state index is -3.73. The van der Waals surface area contributed by atoms with Gasteiger partial charge in [-0.25, -0.2) is 17.8 Å². The summed E-state index contributed by atoms with van der Waals surface area (Å²) in [5.74, 6) is 0.162. The average Bonchev–Trinajstić information content (AvgIpc) is 3.59. The molecule has 7 rings (SSSR count). The first-order chi connectivity index (χ1) is 21.5. The Morgan fingerprint density at radius 2 is 1.87 bits per heavy atom. The van der Waals surface area contributed by atoms with Crippen LogP contribution in [-0.4, -0.2) is 43.6 Å². The average molecular weight is 624 g/mol. The van der Waals surface area contributed by atoms with Crippen molar-refractivity contribution in [1.29, 1.82) is 10.8 Å². The molecular formula is C33H26FN5O5S. The molecular weight excluding hydrogens is 597 g/mol. The smallest absolute Gasteiger partial charge is 0.232 e. The van der Waals surface area contributed by atoms with Gasteiger partial charge in [-0.2, -0.15) is 0 Å². The fourth-order valence-corrected chi connectivity index (χ4v) is 6.15. The van der Waals surface area contributed by atoms with Crippen LogP contribution in [0.4, 0.5) is 10.1 Å². The zero-order valence-corrected chi connectivity index (χ0v) is 25.2. The predicted octanol–water partition coefficient (Wildman–Crippen LogP) is 6.93. The summed E-state index contributed by atoms with van der Waals surface area (Å²) in [4.78, 5) is 4.93. The third-order valence-corrected chi connectivity index (χ3v) is 9.17. The quantitative estimate of drug-likeness (QED) is 0.153. The molecule has 0 saturated heterocycles. The van der Waals surface area contributed by atoms with Crippen LogP contribution in [0.5, 0.6) is 5.75 Å². The predicted molar refractivity (Wildman–Crippen MR) is 171 cm³/mol. The van der Waals surface area contributed by atoms with Crippen LogP contribution in [0.25, 0.3) is 55.8 Å². The van der Waals surface area contributed by atoms with E-state index in [1.54, 1.807) is 36.4 Å². The molecule has 45 heavy (non-hydrogen) atoms. The second-order valence-electron chi connectivity index (χ2n) is 10.8. The van der Waals surface area contributed by atoms with Crippen molar-refractivity contribution in [2.45, 2.75) is 13.7 Å². The van der Waals surface area contributed by atoms with Crippen LogP contribution in [0.2, 0.25) is 0 Å². The van der Waals surface area contributed by atoms with Gasteiger partial charge in [0, 0.05) is 35.0 Å². The zero-order valence-electron chi connectivity index (χ0n) is 24.4. The van der Waals surface area contributed by atoms with Crippen LogP contribution in [0.3, 0.4) is 0 Å². The highest BCUT2D eigenvalue weighted by Gasteiger charge is 2.28. The maximum absolute atomic E-state index is 14.7. The normalized spacial score (nSPS) is 12.4. The van der Waals surface area contributed by atoms with Crippen LogP contribution >= 0.6 is 0 Å². The molecule has 3 aromatic heterocycles. The minimum Gasteiger partial charge on any atom is -0.470 e. The lowest BCUT2D eigenvalue weighted by molar-refractivity contribution is 0.234. The summed E-state index contributed by atoms with van der Waals surface area (Å²) >= 11 is 0. The second kappa shape index (κ2) is 10.3. The molecule has 1 aliphatic heterocycles. The Balaban J connectivity index is 1.50. The number of ether oxygens (including phenoxy) is 2. The van der Waals surface area contributed by atoms with Crippen molar-refractivity contribution in [2.24, 2.45) is 0 Å². The van der Waals surface area contributed by atoms with Gasteiger partial charge in [-0.3, -0.25) is 15.1 Å². The lowest BCUT2D eigenvalue weighted by Gasteiger charge is -2.23. The van der Waals surface area contributed by atoms with Crippen LogP contribution in [0.15, 0.2) is 77.2 Å². The van der Waals surface area contributed by atoms with E-state index < -0.39 is 10.0 Å². The Kier molecular flexibility index (Phi) is 6.48. The first-order valence-corrected chi connectivity index (χ1v) is 15.7. The molecule has 1 aliphatic rings. The number of nitrogens with one attached hydrogen (secondary N) is 2. The Hall–Kier alpha value is -5.49. The highest BCUT2D eigenvalue weighted by atomic mass is 32.2. The first kappa shape index (κ1) is 28.3. The van der Waals surface area contributed by atoms with Gasteiger partial charge in [-0.15, -0.1) is 0 Å². The summed E-state index contributed by atoms with van der Waals surface area (Å²) in [6, 6.07) is 20.9. The molecule has 6 aromatic rings. The van der Waals surface area contributed by atoms with Crippen LogP contribution in [0, 0.1) is 23.6 Å². The molecule has 0 aliphatic carbocycles. The lowest BCUT2D eigenvalue weighted by atomic mass is 10.0. The number of sulfonamides is 1. The molecule has 4 heterocycles. The second-order valence-corrected chi connectivity index (χ2v) is 12.8. The van der Waals surface area contributed by atoms with E-state index >= 15 is 0 Å². The number of aromatic nitrogens is 2. The van der Waals surface area contributed by atoms with Crippen molar-refractivity contribution in [3.05, 3.63) is 89.7 Å². The van der Waals surface area contributed by atoms with Crippen LogP contribution in [-0.2, 0) is 21.5 Å². The molecule has 0 spiro atoms. The Labute approximate surface area is 257 Å². The molecule has 10 nitrogen and oxygen atoms in total. The van der Waals surface area contributed by atoms with E-state index in [2.05, 4.69) is 0 Å². The third-order valence-electron chi connectivity index (χ3n) is 7.98. The fraction of sp³-hybridized carbons (Fsp3) is 0.121. The lowest BCUT2D eigenvalue weighted by Crippen LogP contribution is -2.25. The summed E-state index contributed by atoms with van der Waals surface area (Å²) in [6.45, 7) is 2.13. The Morgan fingerprint density at radius 3 is 2.60 bits per heavy atom. The number of pyridine rings is 1.